The van der Waals surface area contributed by atoms with Crippen LogP contribution in [0.4, 0.5) is 5.69 Å². The van der Waals surface area contributed by atoms with Gasteiger partial charge in [-0.1, -0.05) is 24.3 Å². The van der Waals surface area contributed by atoms with Gasteiger partial charge in [-0.3, -0.25) is 25.4 Å². The Hall–Kier alpha value is -3.26. The Balaban J connectivity index is 2.76. The second kappa shape index (κ2) is 9.09. The van der Waals surface area contributed by atoms with Gasteiger partial charge in [0.05, 0.1) is 30.1 Å². The molecule has 28 heavy (non-hydrogen) atoms. The first kappa shape index (κ1) is 21.0. The average Bonchev–Trinajstić information content (AvgIpc) is 2.66. The van der Waals surface area contributed by atoms with Crippen molar-refractivity contribution >= 4 is 17.4 Å². The lowest BCUT2D eigenvalue weighted by molar-refractivity contribution is -0.385. The molecule has 0 saturated carbocycles. The van der Waals surface area contributed by atoms with E-state index in [9.17, 15) is 14.9 Å². The van der Waals surface area contributed by atoms with Gasteiger partial charge in [-0.05, 0) is 20.8 Å². The van der Waals surface area contributed by atoms with E-state index in [2.05, 4.69) is 17.1 Å². The summed E-state index contributed by atoms with van der Waals surface area (Å²) in [6.45, 7) is 9.08. The van der Waals surface area contributed by atoms with Crippen LogP contribution < -0.4 is 5.48 Å². The summed E-state index contributed by atoms with van der Waals surface area (Å²) >= 11 is 0. The molecule has 0 radical (unpaired) electrons. The zero-order valence-corrected chi connectivity index (χ0v) is 16.3. The Morgan fingerprint density at radius 3 is 2.68 bits per heavy atom. The van der Waals surface area contributed by atoms with Crippen LogP contribution in [0.3, 0.4) is 0 Å². The van der Waals surface area contributed by atoms with E-state index >= 15 is 0 Å². The minimum atomic E-state index is -0.730. The molecule has 0 amide bonds. The van der Waals surface area contributed by atoms with Crippen LogP contribution in [0.1, 0.15) is 32.3 Å². The van der Waals surface area contributed by atoms with Gasteiger partial charge in [0.15, 0.2) is 0 Å². The van der Waals surface area contributed by atoms with Crippen LogP contribution >= 0.6 is 0 Å². The van der Waals surface area contributed by atoms with Crippen molar-refractivity contribution in [1.82, 2.24) is 5.48 Å². The Morgan fingerprint density at radius 1 is 1.39 bits per heavy atom. The van der Waals surface area contributed by atoms with Gasteiger partial charge in [0.1, 0.15) is 0 Å². The molecule has 0 spiro atoms. The van der Waals surface area contributed by atoms with Crippen LogP contribution in [-0.4, -0.2) is 30.3 Å². The van der Waals surface area contributed by atoms with E-state index < -0.39 is 16.8 Å². The van der Waals surface area contributed by atoms with Crippen LogP contribution in [-0.2, 0) is 14.4 Å². The van der Waals surface area contributed by atoms with E-state index in [1.165, 1.54) is 13.2 Å². The van der Waals surface area contributed by atoms with Crippen molar-refractivity contribution < 1.29 is 19.3 Å². The number of carbonyl (C=O) groups excluding carboxylic acids is 1. The number of allylic oxidation sites excluding steroid dienone is 3. The maximum atomic E-state index is 12.6. The van der Waals surface area contributed by atoms with Crippen LogP contribution in [0, 0.1) is 10.1 Å². The second-order valence-electron chi connectivity index (χ2n) is 6.18. The smallest absolute Gasteiger partial charge is 0.336 e. The molecule has 0 saturated heterocycles. The van der Waals surface area contributed by atoms with E-state index in [0.29, 0.717) is 28.2 Å². The minimum absolute atomic E-state index is 0.0892. The molecule has 1 atom stereocenters. The number of aliphatic imine (C=N–C) groups is 1. The number of hydrogen-bond acceptors (Lipinski definition) is 7. The minimum Gasteiger partial charge on any atom is -0.466 e. The highest BCUT2D eigenvalue weighted by Gasteiger charge is 2.38. The third kappa shape index (κ3) is 4.17. The van der Waals surface area contributed by atoms with Crippen LogP contribution in [0.15, 0.2) is 64.5 Å². The number of nitro benzene ring substituents is 1. The molecule has 0 fully saturated rings. The van der Waals surface area contributed by atoms with Gasteiger partial charge < -0.3 is 4.74 Å². The van der Waals surface area contributed by atoms with Gasteiger partial charge in [-0.25, -0.2) is 4.79 Å². The summed E-state index contributed by atoms with van der Waals surface area (Å²) in [5, 5.41) is 11.6. The average molecular weight is 385 g/mol. The number of benzene rings is 1. The number of hydroxylamine groups is 1. The molecule has 1 aliphatic rings. The maximum Gasteiger partial charge on any atom is 0.336 e. The first-order valence-corrected chi connectivity index (χ1v) is 8.61. The van der Waals surface area contributed by atoms with Crippen molar-refractivity contribution in [3.8, 4) is 0 Å². The highest BCUT2D eigenvalue weighted by atomic mass is 16.6. The van der Waals surface area contributed by atoms with Gasteiger partial charge in [0.25, 0.3) is 5.69 Å². The van der Waals surface area contributed by atoms with E-state index in [-0.39, 0.29) is 17.9 Å². The van der Waals surface area contributed by atoms with Crippen molar-refractivity contribution in [2.75, 3.05) is 13.7 Å². The fraction of sp³-hybridized carbons (Fsp3) is 0.300. The molecule has 8 heteroatoms. The monoisotopic (exact) mass is 385 g/mol. The molecular formula is C20H23N3O5. The lowest BCUT2D eigenvalue weighted by Gasteiger charge is -2.29. The SMILES string of the molecule is C=CCONC(C)=C1C(C)=NC(C)=C(C(=O)OC)C1c1ccccc1[N+](=O)[O-]. The Morgan fingerprint density at radius 2 is 2.07 bits per heavy atom. The van der Waals surface area contributed by atoms with E-state index in [1.807, 2.05) is 0 Å². The van der Waals surface area contributed by atoms with Crippen LogP contribution in [0.2, 0.25) is 0 Å². The normalized spacial score (nSPS) is 18.3. The number of esters is 1. The van der Waals surface area contributed by atoms with Crippen molar-refractivity contribution in [2.45, 2.75) is 26.7 Å². The third-order valence-electron chi connectivity index (χ3n) is 4.37. The van der Waals surface area contributed by atoms with Crippen molar-refractivity contribution in [3.63, 3.8) is 0 Å². The third-order valence-corrected chi connectivity index (χ3v) is 4.37. The molecule has 8 nitrogen and oxygen atoms in total. The Bertz CT molecular complexity index is 899. The highest BCUT2D eigenvalue weighted by molar-refractivity contribution is 6.07. The highest BCUT2D eigenvalue weighted by Crippen LogP contribution is 2.43. The Kier molecular flexibility index (Phi) is 6.84. The summed E-state index contributed by atoms with van der Waals surface area (Å²) in [5.41, 5.74) is 5.63. The van der Waals surface area contributed by atoms with Gasteiger partial charge in [0, 0.05) is 34.3 Å². The lowest BCUT2D eigenvalue weighted by Crippen LogP contribution is -2.27. The summed E-state index contributed by atoms with van der Waals surface area (Å²) in [4.78, 5) is 33.5. The van der Waals surface area contributed by atoms with Crippen molar-refractivity contribution in [1.29, 1.82) is 0 Å². The summed E-state index contributed by atoms with van der Waals surface area (Å²) in [6, 6.07) is 6.33. The molecular weight excluding hydrogens is 362 g/mol. The Labute approximate surface area is 163 Å². The van der Waals surface area contributed by atoms with E-state index in [0.717, 1.165) is 0 Å². The zero-order chi connectivity index (χ0) is 20.8. The number of ether oxygens (including phenoxy) is 1. The maximum absolute atomic E-state index is 12.6. The largest absolute Gasteiger partial charge is 0.466 e. The number of hydrogen-bond donors (Lipinski definition) is 1. The summed E-state index contributed by atoms with van der Waals surface area (Å²) in [5.74, 6) is -1.32. The topological polar surface area (TPSA) is 103 Å². The van der Waals surface area contributed by atoms with Crippen LogP contribution in [0.5, 0.6) is 0 Å². The molecule has 1 aliphatic heterocycles. The quantitative estimate of drug-likeness (QED) is 0.253. The predicted molar refractivity (Wildman–Crippen MR) is 106 cm³/mol. The fourth-order valence-corrected chi connectivity index (χ4v) is 3.27. The van der Waals surface area contributed by atoms with Crippen LogP contribution in [0.25, 0.3) is 0 Å². The van der Waals surface area contributed by atoms with Gasteiger partial charge in [-0.2, -0.15) is 0 Å². The number of carbonyl (C=O) groups is 1. The van der Waals surface area contributed by atoms with E-state index in [4.69, 9.17) is 9.57 Å². The first-order valence-electron chi connectivity index (χ1n) is 8.61. The summed E-state index contributed by atoms with van der Waals surface area (Å²) in [6.07, 6.45) is 1.58. The number of nitro groups is 1. The molecule has 0 bridgehead atoms. The number of rotatable bonds is 7. The molecule has 148 valence electrons. The van der Waals surface area contributed by atoms with Crippen molar-refractivity contribution in [2.24, 2.45) is 4.99 Å². The van der Waals surface area contributed by atoms with E-state index in [1.54, 1.807) is 45.0 Å². The molecule has 2 rings (SSSR count). The molecule has 1 aromatic rings. The molecule has 0 aliphatic carbocycles. The number of nitrogens with one attached hydrogen (secondary N) is 1. The number of para-hydroxylation sites is 1. The van der Waals surface area contributed by atoms with Gasteiger partial charge in [0.2, 0.25) is 0 Å². The summed E-state index contributed by atoms with van der Waals surface area (Å²) in [7, 11) is 1.27. The molecule has 0 aromatic heterocycles. The fourth-order valence-electron chi connectivity index (χ4n) is 3.27. The molecule has 1 aromatic carbocycles. The first-order chi connectivity index (χ1) is 13.3. The molecule has 1 heterocycles. The van der Waals surface area contributed by atoms with Gasteiger partial charge in [-0.15, -0.1) is 6.58 Å². The van der Waals surface area contributed by atoms with Crippen molar-refractivity contribution in [3.05, 3.63) is 75.1 Å². The standard InChI is InChI=1S/C20H23N3O5/c1-6-11-28-22-14(4)17-12(2)21-13(3)18(20(24)27-5)19(17)15-9-7-8-10-16(15)23(25)26/h6-10,19,22H,1,11H2,2-5H3. The second-order valence-corrected chi connectivity index (χ2v) is 6.18. The predicted octanol–water partition coefficient (Wildman–Crippen LogP) is 3.58. The zero-order valence-electron chi connectivity index (χ0n) is 16.3. The van der Waals surface area contributed by atoms with Gasteiger partial charge >= 0.3 is 5.97 Å². The number of methoxy groups -OCH3 is 1. The lowest BCUT2D eigenvalue weighted by atomic mass is 9.78. The number of nitrogens with zero attached hydrogens (tertiary/aromatic N) is 2. The summed E-state index contributed by atoms with van der Waals surface area (Å²) < 4.78 is 4.95. The molecule has 1 N–H and O–H groups in total. The molecule has 1 unspecified atom stereocenters.